The van der Waals surface area contributed by atoms with Crippen LogP contribution in [0.15, 0.2) is 36.4 Å². The van der Waals surface area contributed by atoms with E-state index in [1.807, 2.05) is 0 Å². The van der Waals surface area contributed by atoms with Crippen LogP contribution >= 0.6 is 22.9 Å². The van der Waals surface area contributed by atoms with Crippen molar-refractivity contribution in [2.75, 3.05) is 19.5 Å². The van der Waals surface area contributed by atoms with Crippen LogP contribution in [0, 0.1) is 0 Å². The summed E-state index contributed by atoms with van der Waals surface area (Å²) in [5, 5.41) is 3.76. The Balaban J connectivity index is 1.87. The highest BCUT2D eigenvalue weighted by Crippen LogP contribution is 2.34. The number of carbonyl (C=O) groups is 1. The Morgan fingerprint density at radius 3 is 2.78 bits per heavy atom. The summed E-state index contributed by atoms with van der Waals surface area (Å²) in [6.07, 6.45) is 0. The smallest absolute Gasteiger partial charge is 0.257 e. The van der Waals surface area contributed by atoms with Gasteiger partial charge >= 0.3 is 0 Å². The third kappa shape index (κ3) is 3.23. The lowest BCUT2D eigenvalue weighted by atomic mass is 10.2. The zero-order valence-corrected chi connectivity index (χ0v) is 14.0. The minimum Gasteiger partial charge on any atom is -0.497 e. The molecular weight excluding hydrogens is 336 g/mol. The summed E-state index contributed by atoms with van der Waals surface area (Å²) in [4.78, 5) is 16.7. The van der Waals surface area contributed by atoms with Gasteiger partial charge in [0.2, 0.25) is 0 Å². The predicted octanol–water partition coefficient (Wildman–Crippen LogP) is 4.22. The molecule has 2 aromatic carbocycles. The first kappa shape index (κ1) is 15.6. The SMILES string of the molecule is COc1cccc(C(=O)Nc2nc3cc(Cl)c(OC)cc3s2)c1. The second-order valence-electron chi connectivity index (χ2n) is 4.66. The Bertz CT molecular complexity index is 879. The standard InChI is InChI=1S/C16H13ClN2O3S/c1-21-10-5-3-4-9(6-10)15(20)19-16-18-12-7-11(17)13(22-2)8-14(12)23-16/h3-8H,1-2H3,(H,18,19,20). The first-order valence-corrected chi connectivity index (χ1v) is 7.89. The summed E-state index contributed by atoms with van der Waals surface area (Å²) in [6, 6.07) is 10.4. The quantitative estimate of drug-likeness (QED) is 0.766. The molecule has 0 atom stereocenters. The van der Waals surface area contributed by atoms with Crippen LogP contribution in [0.4, 0.5) is 5.13 Å². The zero-order chi connectivity index (χ0) is 16.4. The number of methoxy groups -OCH3 is 2. The number of halogens is 1. The molecule has 118 valence electrons. The summed E-state index contributed by atoms with van der Waals surface area (Å²) in [6.45, 7) is 0. The molecule has 0 radical (unpaired) electrons. The molecule has 0 aliphatic rings. The van der Waals surface area contributed by atoms with Gasteiger partial charge in [-0.3, -0.25) is 10.1 Å². The molecule has 0 aliphatic heterocycles. The Morgan fingerprint density at radius 1 is 1.22 bits per heavy atom. The van der Waals surface area contributed by atoms with Gasteiger partial charge in [0, 0.05) is 11.6 Å². The molecule has 0 fully saturated rings. The summed E-state index contributed by atoms with van der Waals surface area (Å²) < 4.78 is 11.2. The van der Waals surface area contributed by atoms with E-state index in [2.05, 4.69) is 10.3 Å². The van der Waals surface area contributed by atoms with Gasteiger partial charge in [-0.1, -0.05) is 29.0 Å². The monoisotopic (exact) mass is 348 g/mol. The third-order valence-electron chi connectivity index (χ3n) is 3.21. The molecule has 1 heterocycles. The van der Waals surface area contributed by atoms with Gasteiger partial charge in [0.25, 0.3) is 5.91 Å². The van der Waals surface area contributed by atoms with Crippen molar-refractivity contribution < 1.29 is 14.3 Å². The molecule has 0 spiro atoms. The molecule has 7 heteroatoms. The number of aromatic nitrogens is 1. The molecular formula is C16H13ClN2O3S. The number of thiazole rings is 1. The van der Waals surface area contributed by atoms with E-state index in [1.165, 1.54) is 11.3 Å². The van der Waals surface area contributed by atoms with Crippen LogP contribution in [0.25, 0.3) is 10.2 Å². The van der Waals surface area contributed by atoms with Crippen molar-refractivity contribution >= 4 is 44.2 Å². The lowest BCUT2D eigenvalue weighted by Crippen LogP contribution is -2.11. The second kappa shape index (κ2) is 6.44. The van der Waals surface area contributed by atoms with Crippen LogP contribution in [0.3, 0.4) is 0 Å². The Labute approximate surface area is 141 Å². The Hall–Kier alpha value is -2.31. The van der Waals surface area contributed by atoms with Gasteiger partial charge in [-0.05, 0) is 24.3 Å². The van der Waals surface area contributed by atoms with Gasteiger partial charge in [-0.15, -0.1) is 0 Å². The maximum atomic E-state index is 12.3. The highest BCUT2D eigenvalue weighted by molar-refractivity contribution is 7.22. The first-order chi connectivity index (χ1) is 11.1. The van der Waals surface area contributed by atoms with Crippen LogP contribution in [0.5, 0.6) is 11.5 Å². The van der Waals surface area contributed by atoms with Crippen LogP contribution in [0.2, 0.25) is 5.02 Å². The Kier molecular flexibility index (Phi) is 4.36. The van der Waals surface area contributed by atoms with E-state index in [0.717, 1.165) is 4.70 Å². The first-order valence-electron chi connectivity index (χ1n) is 6.70. The fourth-order valence-electron chi connectivity index (χ4n) is 2.07. The minimum atomic E-state index is -0.249. The van der Waals surface area contributed by atoms with Crippen molar-refractivity contribution in [3.63, 3.8) is 0 Å². The molecule has 0 aliphatic carbocycles. The average molecular weight is 349 g/mol. The van der Waals surface area contributed by atoms with Gasteiger partial charge in [0.1, 0.15) is 11.5 Å². The molecule has 0 bridgehead atoms. The minimum absolute atomic E-state index is 0.249. The number of nitrogens with one attached hydrogen (secondary N) is 1. The van der Waals surface area contributed by atoms with Crippen molar-refractivity contribution in [2.24, 2.45) is 0 Å². The molecule has 1 N–H and O–H groups in total. The number of anilines is 1. The highest BCUT2D eigenvalue weighted by Gasteiger charge is 2.12. The molecule has 5 nitrogen and oxygen atoms in total. The van der Waals surface area contributed by atoms with Gasteiger partial charge in [-0.2, -0.15) is 0 Å². The van der Waals surface area contributed by atoms with Gasteiger partial charge in [0.05, 0.1) is 29.5 Å². The Morgan fingerprint density at radius 2 is 2.04 bits per heavy atom. The molecule has 0 unspecified atom stereocenters. The zero-order valence-electron chi connectivity index (χ0n) is 12.4. The number of carbonyl (C=O) groups excluding carboxylic acids is 1. The van der Waals surface area contributed by atoms with Crippen LogP contribution < -0.4 is 14.8 Å². The van der Waals surface area contributed by atoms with E-state index < -0.39 is 0 Å². The van der Waals surface area contributed by atoms with Gasteiger partial charge < -0.3 is 9.47 Å². The summed E-state index contributed by atoms with van der Waals surface area (Å²) in [7, 11) is 3.11. The number of fused-ring (bicyclic) bond motifs is 1. The third-order valence-corrected chi connectivity index (χ3v) is 4.44. The molecule has 23 heavy (non-hydrogen) atoms. The molecule has 3 rings (SSSR count). The van der Waals surface area contributed by atoms with Crippen molar-refractivity contribution in [1.82, 2.24) is 4.98 Å². The average Bonchev–Trinajstić information content (AvgIpc) is 2.94. The van der Waals surface area contributed by atoms with Crippen molar-refractivity contribution in [1.29, 1.82) is 0 Å². The van der Waals surface area contributed by atoms with E-state index in [1.54, 1.807) is 50.6 Å². The van der Waals surface area contributed by atoms with E-state index in [9.17, 15) is 4.79 Å². The lowest BCUT2D eigenvalue weighted by Gasteiger charge is -2.03. The molecule has 1 aromatic heterocycles. The van der Waals surface area contributed by atoms with Crippen LogP contribution in [-0.2, 0) is 0 Å². The van der Waals surface area contributed by atoms with Crippen LogP contribution in [-0.4, -0.2) is 25.1 Å². The van der Waals surface area contributed by atoms with E-state index in [0.29, 0.717) is 32.7 Å². The number of amides is 1. The normalized spacial score (nSPS) is 10.6. The summed E-state index contributed by atoms with van der Waals surface area (Å²) in [5.74, 6) is 0.952. The topological polar surface area (TPSA) is 60.5 Å². The fraction of sp³-hybridized carbons (Fsp3) is 0.125. The largest absolute Gasteiger partial charge is 0.497 e. The number of nitrogens with zero attached hydrogens (tertiary/aromatic N) is 1. The summed E-state index contributed by atoms with van der Waals surface area (Å²) in [5.41, 5.74) is 1.21. The molecule has 3 aromatic rings. The van der Waals surface area contributed by atoms with Crippen LogP contribution in [0.1, 0.15) is 10.4 Å². The van der Waals surface area contributed by atoms with Crippen molar-refractivity contribution in [2.45, 2.75) is 0 Å². The van der Waals surface area contributed by atoms with Gasteiger partial charge in [0.15, 0.2) is 5.13 Å². The summed E-state index contributed by atoms with van der Waals surface area (Å²) >= 11 is 7.44. The predicted molar refractivity (Wildman–Crippen MR) is 92.1 cm³/mol. The van der Waals surface area contributed by atoms with Gasteiger partial charge in [-0.25, -0.2) is 4.98 Å². The number of benzene rings is 2. The molecule has 0 saturated heterocycles. The van der Waals surface area contributed by atoms with Crippen molar-refractivity contribution in [3.8, 4) is 11.5 Å². The second-order valence-corrected chi connectivity index (χ2v) is 6.10. The number of hydrogen-bond donors (Lipinski definition) is 1. The van der Waals surface area contributed by atoms with E-state index in [-0.39, 0.29) is 5.91 Å². The maximum Gasteiger partial charge on any atom is 0.257 e. The van der Waals surface area contributed by atoms with Crippen molar-refractivity contribution in [3.05, 3.63) is 47.0 Å². The fourth-order valence-corrected chi connectivity index (χ4v) is 3.18. The number of ether oxygens (including phenoxy) is 2. The highest BCUT2D eigenvalue weighted by atomic mass is 35.5. The molecule has 1 amide bonds. The van der Waals surface area contributed by atoms with E-state index >= 15 is 0 Å². The lowest BCUT2D eigenvalue weighted by molar-refractivity contribution is 0.102. The maximum absolute atomic E-state index is 12.3. The number of rotatable bonds is 4. The number of hydrogen-bond acceptors (Lipinski definition) is 5. The molecule has 0 saturated carbocycles. The van der Waals surface area contributed by atoms with E-state index in [4.69, 9.17) is 21.1 Å².